The van der Waals surface area contributed by atoms with E-state index < -0.39 is 11.9 Å². The molecule has 0 amide bonds. The largest absolute Gasteiger partial charge is 0.462 e. The van der Waals surface area contributed by atoms with Gasteiger partial charge in [0.05, 0.1) is 41.1 Å². The summed E-state index contributed by atoms with van der Waals surface area (Å²) in [6, 6.07) is 30.9. The summed E-state index contributed by atoms with van der Waals surface area (Å²) >= 11 is 0. The summed E-state index contributed by atoms with van der Waals surface area (Å²) < 4.78 is 12.8. The van der Waals surface area contributed by atoms with Crippen LogP contribution in [-0.2, 0) is 9.47 Å². The Morgan fingerprint density at radius 2 is 1.38 bits per heavy atom. The van der Waals surface area contributed by atoms with Crippen molar-refractivity contribution in [2.75, 3.05) is 13.2 Å². The van der Waals surface area contributed by atoms with Crippen LogP contribution in [-0.4, -0.2) is 39.9 Å². The normalized spacial score (nSPS) is 11.1. The smallest absolute Gasteiger partial charge is 0.340 e. The number of aryl methyl sites for hydroxylation is 1. The Morgan fingerprint density at radius 1 is 0.738 bits per heavy atom. The van der Waals surface area contributed by atoms with Gasteiger partial charge in [-0.1, -0.05) is 78.9 Å². The van der Waals surface area contributed by atoms with Gasteiger partial charge in [-0.25, -0.2) is 19.3 Å². The van der Waals surface area contributed by atoms with Crippen molar-refractivity contribution in [2.45, 2.75) is 20.8 Å². The Labute approximate surface area is 243 Å². The quantitative estimate of drug-likeness (QED) is 0.189. The number of pyridine rings is 1. The molecule has 208 valence electrons. The maximum atomic E-state index is 13.7. The molecule has 6 aromatic rings. The number of benzene rings is 4. The fourth-order valence-corrected chi connectivity index (χ4v) is 5.46. The van der Waals surface area contributed by atoms with Crippen LogP contribution < -0.4 is 0 Å². The SMILES string of the molecule is CCOC(=O)c1c(C)nc2c(c(-c3ccccc3)nn2-c2ccccc2)c1-c1cccc2cccc(C(=O)OCC)c12. The number of para-hydroxylation sites is 1. The third-order valence-electron chi connectivity index (χ3n) is 7.19. The fraction of sp³-hybridized carbons (Fsp3) is 0.143. The van der Waals surface area contributed by atoms with Crippen molar-refractivity contribution in [3.05, 3.63) is 114 Å². The zero-order chi connectivity index (χ0) is 29.2. The molecule has 0 aliphatic carbocycles. The van der Waals surface area contributed by atoms with Gasteiger partial charge in [-0.15, -0.1) is 0 Å². The second-order valence-corrected chi connectivity index (χ2v) is 9.76. The topological polar surface area (TPSA) is 83.3 Å². The highest BCUT2D eigenvalue weighted by Crippen LogP contribution is 2.43. The highest BCUT2D eigenvalue weighted by Gasteiger charge is 2.29. The Morgan fingerprint density at radius 3 is 2.07 bits per heavy atom. The number of fused-ring (bicyclic) bond motifs is 2. The van der Waals surface area contributed by atoms with Crippen molar-refractivity contribution < 1.29 is 19.1 Å². The zero-order valence-electron chi connectivity index (χ0n) is 23.6. The van der Waals surface area contributed by atoms with E-state index in [2.05, 4.69) is 0 Å². The molecule has 0 saturated carbocycles. The highest BCUT2D eigenvalue weighted by molar-refractivity contribution is 6.19. The van der Waals surface area contributed by atoms with E-state index in [1.54, 1.807) is 31.5 Å². The maximum absolute atomic E-state index is 13.7. The van der Waals surface area contributed by atoms with Gasteiger partial charge in [-0.2, -0.15) is 5.10 Å². The van der Waals surface area contributed by atoms with Crippen molar-refractivity contribution >= 4 is 33.7 Å². The van der Waals surface area contributed by atoms with Gasteiger partial charge in [-0.3, -0.25) is 0 Å². The van der Waals surface area contributed by atoms with Crippen LogP contribution >= 0.6 is 0 Å². The molecule has 0 radical (unpaired) electrons. The summed E-state index contributed by atoms with van der Waals surface area (Å²) in [6.45, 7) is 5.80. The average Bonchev–Trinajstić information content (AvgIpc) is 3.40. The van der Waals surface area contributed by atoms with Crippen molar-refractivity contribution in [3.8, 4) is 28.1 Å². The molecule has 0 fully saturated rings. The summed E-state index contributed by atoms with van der Waals surface area (Å²) in [4.78, 5) is 31.9. The van der Waals surface area contributed by atoms with Crippen LogP contribution in [0.3, 0.4) is 0 Å². The first-order valence-corrected chi connectivity index (χ1v) is 13.9. The Hall–Kier alpha value is -5.30. The predicted octanol–water partition coefficient (Wildman–Crippen LogP) is 7.57. The molecule has 4 aromatic carbocycles. The van der Waals surface area contributed by atoms with Crippen LogP contribution in [0.5, 0.6) is 0 Å². The summed E-state index contributed by atoms with van der Waals surface area (Å²) in [5.41, 5.74) is 5.50. The third kappa shape index (κ3) is 4.59. The van der Waals surface area contributed by atoms with Gasteiger partial charge >= 0.3 is 11.9 Å². The van der Waals surface area contributed by atoms with Crippen molar-refractivity contribution in [1.82, 2.24) is 14.8 Å². The Bertz CT molecular complexity index is 1940. The van der Waals surface area contributed by atoms with Gasteiger partial charge in [0.15, 0.2) is 5.65 Å². The molecule has 0 aliphatic heterocycles. The van der Waals surface area contributed by atoms with Gasteiger partial charge < -0.3 is 9.47 Å². The minimum atomic E-state index is -0.489. The predicted molar refractivity (Wildman–Crippen MR) is 164 cm³/mol. The summed E-state index contributed by atoms with van der Waals surface area (Å²) in [5.74, 6) is -0.921. The number of nitrogens with zero attached hydrogens (tertiary/aromatic N) is 3. The van der Waals surface area contributed by atoms with Gasteiger partial charge in [-0.05, 0) is 49.9 Å². The van der Waals surface area contributed by atoms with Crippen LogP contribution in [0, 0.1) is 6.92 Å². The van der Waals surface area contributed by atoms with Gasteiger partial charge in [0.25, 0.3) is 0 Å². The van der Waals surface area contributed by atoms with E-state index in [4.69, 9.17) is 19.6 Å². The molecule has 0 atom stereocenters. The lowest BCUT2D eigenvalue weighted by atomic mass is 9.88. The first-order valence-electron chi connectivity index (χ1n) is 13.9. The van der Waals surface area contributed by atoms with Crippen LogP contribution in [0.25, 0.3) is 49.9 Å². The van der Waals surface area contributed by atoms with E-state index >= 15 is 0 Å². The number of esters is 2. The molecule has 7 heteroatoms. The lowest BCUT2D eigenvalue weighted by Gasteiger charge is -2.17. The van der Waals surface area contributed by atoms with Gasteiger partial charge in [0.1, 0.15) is 5.69 Å². The molecule has 42 heavy (non-hydrogen) atoms. The molecule has 6 rings (SSSR count). The molecule has 0 N–H and O–H groups in total. The number of hydrogen-bond acceptors (Lipinski definition) is 6. The number of aromatic nitrogens is 3. The highest BCUT2D eigenvalue weighted by atomic mass is 16.5. The van der Waals surface area contributed by atoms with Crippen LogP contribution in [0.1, 0.15) is 40.3 Å². The van der Waals surface area contributed by atoms with E-state index in [1.807, 2.05) is 91.0 Å². The second kappa shape index (κ2) is 11.3. The molecule has 0 saturated heterocycles. The monoisotopic (exact) mass is 555 g/mol. The van der Waals surface area contributed by atoms with Crippen LogP contribution in [0.4, 0.5) is 0 Å². The Kier molecular flexibility index (Phi) is 7.23. The molecule has 0 bridgehead atoms. The molecule has 0 spiro atoms. The summed E-state index contributed by atoms with van der Waals surface area (Å²) in [5, 5.41) is 7.29. The minimum Gasteiger partial charge on any atom is -0.462 e. The molecular weight excluding hydrogens is 526 g/mol. The molecule has 0 aliphatic rings. The van der Waals surface area contributed by atoms with E-state index in [0.29, 0.717) is 50.1 Å². The van der Waals surface area contributed by atoms with E-state index in [-0.39, 0.29) is 13.2 Å². The second-order valence-electron chi connectivity index (χ2n) is 9.76. The first kappa shape index (κ1) is 26.9. The van der Waals surface area contributed by atoms with E-state index in [1.165, 1.54) is 0 Å². The third-order valence-corrected chi connectivity index (χ3v) is 7.19. The standard InChI is InChI=1S/C35H29N3O4/c1-4-41-34(39)27-21-13-17-23-16-12-20-26(29(23)27)30-28(35(40)42-5-2)22(3)36-33-31(30)32(24-14-8-6-9-15-24)37-38(33)25-18-10-7-11-19-25/h6-21H,4-5H2,1-3H3. The number of carbonyl (C=O) groups excluding carboxylic acids is 2. The van der Waals surface area contributed by atoms with E-state index in [9.17, 15) is 9.59 Å². The van der Waals surface area contributed by atoms with Crippen LogP contribution in [0.2, 0.25) is 0 Å². The fourth-order valence-electron chi connectivity index (χ4n) is 5.46. The minimum absolute atomic E-state index is 0.203. The molecular formula is C35H29N3O4. The molecule has 2 heterocycles. The Balaban J connectivity index is 1.83. The molecule has 2 aromatic heterocycles. The van der Waals surface area contributed by atoms with Crippen molar-refractivity contribution in [2.24, 2.45) is 0 Å². The molecule has 7 nitrogen and oxygen atoms in total. The maximum Gasteiger partial charge on any atom is 0.340 e. The number of rotatable bonds is 7. The summed E-state index contributed by atoms with van der Waals surface area (Å²) in [6.07, 6.45) is 0. The average molecular weight is 556 g/mol. The first-order chi connectivity index (χ1) is 20.5. The van der Waals surface area contributed by atoms with E-state index in [0.717, 1.165) is 16.6 Å². The number of hydrogen-bond donors (Lipinski definition) is 0. The lowest BCUT2D eigenvalue weighted by Crippen LogP contribution is -2.12. The van der Waals surface area contributed by atoms with Crippen LogP contribution in [0.15, 0.2) is 97.1 Å². The number of ether oxygens (including phenoxy) is 2. The van der Waals surface area contributed by atoms with Gasteiger partial charge in [0.2, 0.25) is 0 Å². The summed E-state index contributed by atoms with van der Waals surface area (Å²) in [7, 11) is 0. The number of carbonyl (C=O) groups is 2. The zero-order valence-corrected chi connectivity index (χ0v) is 23.6. The van der Waals surface area contributed by atoms with Crippen molar-refractivity contribution in [1.29, 1.82) is 0 Å². The molecule has 0 unspecified atom stereocenters. The van der Waals surface area contributed by atoms with Crippen molar-refractivity contribution in [3.63, 3.8) is 0 Å². The lowest BCUT2D eigenvalue weighted by molar-refractivity contribution is 0.0518. The van der Waals surface area contributed by atoms with Gasteiger partial charge in [0, 0.05) is 16.5 Å².